The van der Waals surface area contributed by atoms with Crippen LogP contribution in [0.15, 0.2) is 181 Å². The topological polar surface area (TPSA) is 72.3 Å². The number of dihydropyridines is 1. The van der Waals surface area contributed by atoms with Crippen molar-refractivity contribution in [2.45, 2.75) is 18.2 Å². The molecule has 0 radical (unpaired) electrons. The van der Waals surface area contributed by atoms with Crippen LogP contribution in [0.2, 0.25) is 0 Å². The van der Waals surface area contributed by atoms with E-state index in [2.05, 4.69) is 113 Å². The Hall–Kier alpha value is -6.30. The van der Waals surface area contributed by atoms with Crippen LogP contribution < -0.4 is 16.0 Å². The van der Waals surface area contributed by atoms with Gasteiger partial charge in [-0.15, -0.1) is 0 Å². The van der Waals surface area contributed by atoms with E-state index in [1.807, 2.05) is 85.2 Å². The molecule has 50 heavy (non-hydrogen) atoms. The van der Waals surface area contributed by atoms with Crippen molar-refractivity contribution in [2.75, 3.05) is 5.32 Å². The molecule has 6 aromatic rings. The van der Waals surface area contributed by atoms with Gasteiger partial charge in [0.25, 0.3) is 0 Å². The summed E-state index contributed by atoms with van der Waals surface area (Å²) in [5.41, 5.74) is 9.74. The third-order valence-electron chi connectivity index (χ3n) is 9.29. The summed E-state index contributed by atoms with van der Waals surface area (Å²) in [6.07, 6.45) is 11.9. The van der Waals surface area contributed by atoms with Gasteiger partial charge >= 0.3 is 0 Å². The van der Waals surface area contributed by atoms with Gasteiger partial charge in [0.2, 0.25) is 0 Å². The molecule has 6 aromatic carbocycles. The molecule has 0 amide bonds. The molecule has 0 fully saturated rings. The van der Waals surface area contributed by atoms with Crippen LogP contribution in [0.4, 0.5) is 5.69 Å². The molecule has 0 aliphatic carbocycles. The highest BCUT2D eigenvalue weighted by atomic mass is 15.2. The number of nitrogens with one attached hydrogen (secondary N) is 4. The van der Waals surface area contributed by atoms with Gasteiger partial charge in [0.05, 0.1) is 23.5 Å². The fourth-order valence-electron chi connectivity index (χ4n) is 6.83. The second-order valence-electron chi connectivity index (χ2n) is 12.6. The molecule has 4 N–H and O–H groups in total. The van der Waals surface area contributed by atoms with Gasteiger partial charge in [-0.1, -0.05) is 133 Å². The van der Waals surface area contributed by atoms with E-state index < -0.39 is 0 Å². The van der Waals surface area contributed by atoms with E-state index in [1.54, 1.807) is 0 Å². The van der Waals surface area contributed by atoms with Crippen LogP contribution in [0, 0.1) is 5.41 Å². The van der Waals surface area contributed by atoms with Gasteiger partial charge in [-0.3, -0.25) is 10.3 Å². The maximum atomic E-state index is 8.84. The van der Waals surface area contributed by atoms with E-state index in [4.69, 9.17) is 10.4 Å². The third kappa shape index (κ3) is 6.55. The Kier molecular flexibility index (Phi) is 8.71. The standard InChI is InChI=1S/C45H37N5/c46-39(33-15-4-1-5-16-33)29-42(34-17-6-2-7-18-34)48-30-31-26-36(40-22-12-13-25-47-40)28-37(27-31)45-49-41-24-23-32-14-10-11-21-38(32)43(41)44(50-45)35-19-8-3-9-20-35/h1-30,40,44-47,49-50H/b42-29-,46-39?,48-30?. The lowest BCUT2D eigenvalue weighted by atomic mass is 9.89. The molecule has 0 aromatic heterocycles. The summed E-state index contributed by atoms with van der Waals surface area (Å²) in [7, 11) is 0. The fourth-order valence-corrected chi connectivity index (χ4v) is 6.83. The van der Waals surface area contributed by atoms with Gasteiger partial charge in [0.15, 0.2) is 0 Å². The Morgan fingerprint density at radius 1 is 0.660 bits per heavy atom. The highest BCUT2D eigenvalue weighted by Crippen LogP contribution is 2.41. The number of aliphatic imine (C=N–C) groups is 1. The molecule has 3 atom stereocenters. The lowest BCUT2D eigenvalue weighted by Gasteiger charge is -2.36. The first kappa shape index (κ1) is 31.0. The molecule has 2 aliphatic heterocycles. The van der Waals surface area contributed by atoms with Crippen molar-refractivity contribution in [3.05, 3.63) is 215 Å². The first-order valence-electron chi connectivity index (χ1n) is 17.0. The number of nitrogens with zero attached hydrogens (tertiary/aromatic N) is 1. The van der Waals surface area contributed by atoms with Gasteiger partial charge in [-0.05, 0) is 81.2 Å². The average molecular weight is 648 g/mol. The largest absolute Gasteiger partial charge is 0.381 e. The molecule has 0 spiro atoms. The molecular formula is C45H37N5. The van der Waals surface area contributed by atoms with Crippen molar-refractivity contribution in [1.82, 2.24) is 10.6 Å². The Morgan fingerprint density at radius 3 is 2.12 bits per heavy atom. The van der Waals surface area contributed by atoms with Gasteiger partial charge in [-0.2, -0.15) is 0 Å². The van der Waals surface area contributed by atoms with Crippen LogP contribution in [0.25, 0.3) is 16.5 Å². The Labute approximate surface area is 293 Å². The SMILES string of the molecule is N=C(/C=C(\N=Cc1cc(C2C=CC=CN2)cc(C2Nc3ccc4ccccc4c3C(c3ccccc3)N2)c1)c1ccccc1)c1ccccc1. The van der Waals surface area contributed by atoms with Crippen LogP contribution in [0.1, 0.15) is 57.2 Å². The predicted octanol–water partition coefficient (Wildman–Crippen LogP) is 9.89. The smallest absolute Gasteiger partial charge is 0.104 e. The molecule has 5 heteroatoms. The predicted molar refractivity (Wildman–Crippen MR) is 208 cm³/mol. The summed E-state index contributed by atoms with van der Waals surface area (Å²) in [5.74, 6) is 0. The zero-order valence-electron chi connectivity index (χ0n) is 27.5. The monoisotopic (exact) mass is 647 g/mol. The minimum absolute atomic E-state index is 0.0171. The number of allylic oxidation sites excluding steroid dienone is 3. The third-order valence-corrected chi connectivity index (χ3v) is 9.29. The maximum Gasteiger partial charge on any atom is 0.104 e. The van der Waals surface area contributed by atoms with Crippen LogP contribution >= 0.6 is 0 Å². The molecule has 8 rings (SSSR count). The normalized spacial score (nSPS) is 18.4. The van der Waals surface area contributed by atoms with Crippen LogP contribution in [-0.4, -0.2) is 11.9 Å². The molecule has 242 valence electrons. The summed E-state index contributed by atoms with van der Waals surface area (Å²) in [6, 6.07) is 50.2. The molecule has 5 nitrogen and oxygen atoms in total. The maximum absolute atomic E-state index is 8.84. The number of benzene rings is 6. The van der Waals surface area contributed by atoms with Gasteiger partial charge in [-0.25, -0.2) is 0 Å². The average Bonchev–Trinajstić information content (AvgIpc) is 3.20. The Balaban J connectivity index is 1.21. The zero-order chi connectivity index (χ0) is 33.7. The Bertz CT molecular complexity index is 2270. The van der Waals surface area contributed by atoms with E-state index >= 15 is 0 Å². The fraction of sp³-hybridized carbons (Fsp3) is 0.0667. The summed E-state index contributed by atoms with van der Waals surface area (Å²) < 4.78 is 0. The minimum Gasteiger partial charge on any atom is -0.381 e. The van der Waals surface area contributed by atoms with Crippen molar-refractivity contribution >= 4 is 34.1 Å². The van der Waals surface area contributed by atoms with E-state index in [9.17, 15) is 0 Å². The van der Waals surface area contributed by atoms with Crippen LogP contribution in [0.3, 0.4) is 0 Å². The number of fused-ring (bicyclic) bond motifs is 3. The summed E-state index contributed by atoms with van der Waals surface area (Å²) in [4.78, 5) is 5.04. The van der Waals surface area contributed by atoms with E-state index in [0.29, 0.717) is 5.71 Å². The van der Waals surface area contributed by atoms with Crippen molar-refractivity contribution in [2.24, 2.45) is 4.99 Å². The van der Waals surface area contributed by atoms with Gasteiger partial charge < -0.3 is 16.0 Å². The summed E-state index contributed by atoms with van der Waals surface area (Å²) in [5, 5.41) is 22.6. The number of hydrogen-bond acceptors (Lipinski definition) is 5. The molecule has 0 saturated carbocycles. The number of anilines is 1. The number of rotatable bonds is 8. The van der Waals surface area contributed by atoms with Crippen molar-refractivity contribution < 1.29 is 0 Å². The molecule has 2 aliphatic rings. The molecule has 0 saturated heterocycles. The van der Waals surface area contributed by atoms with E-state index in [-0.39, 0.29) is 18.2 Å². The lowest BCUT2D eigenvalue weighted by molar-refractivity contribution is 0.508. The highest BCUT2D eigenvalue weighted by Gasteiger charge is 2.30. The highest BCUT2D eigenvalue weighted by molar-refractivity contribution is 6.10. The molecule has 0 bridgehead atoms. The number of hydrogen-bond donors (Lipinski definition) is 4. The van der Waals surface area contributed by atoms with Crippen molar-refractivity contribution in [3.63, 3.8) is 0 Å². The zero-order valence-corrected chi connectivity index (χ0v) is 27.5. The first-order valence-corrected chi connectivity index (χ1v) is 17.0. The van der Waals surface area contributed by atoms with Crippen molar-refractivity contribution in [3.8, 4) is 0 Å². The molecule has 2 heterocycles. The Morgan fingerprint density at radius 2 is 1.36 bits per heavy atom. The quantitative estimate of drug-likeness (QED) is 0.124. The van der Waals surface area contributed by atoms with Crippen molar-refractivity contribution in [1.29, 1.82) is 5.41 Å². The second-order valence-corrected chi connectivity index (χ2v) is 12.6. The van der Waals surface area contributed by atoms with E-state index in [0.717, 1.165) is 39.2 Å². The minimum atomic E-state index is -0.167. The molecular weight excluding hydrogens is 611 g/mol. The summed E-state index contributed by atoms with van der Waals surface area (Å²) >= 11 is 0. The first-order chi connectivity index (χ1) is 24.7. The second kappa shape index (κ2) is 14.0. The van der Waals surface area contributed by atoms with E-state index in [1.165, 1.54) is 21.9 Å². The van der Waals surface area contributed by atoms with Crippen LogP contribution in [0.5, 0.6) is 0 Å². The van der Waals surface area contributed by atoms with Crippen LogP contribution in [-0.2, 0) is 0 Å². The molecule has 3 unspecified atom stereocenters. The summed E-state index contributed by atoms with van der Waals surface area (Å²) in [6.45, 7) is 0. The van der Waals surface area contributed by atoms with Gasteiger partial charge in [0.1, 0.15) is 6.17 Å². The lowest BCUT2D eigenvalue weighted by Crippen LogP contribution is -2.37. The van der Waals surface area contributed by atoms with Gasteiger partial charge in [0, 0.05) is 23.0 Å².